The topological polar surface area (TPSA) is 85.2 Å². The normalized spacial score (nSPS) is 15.5. The molecule has 8 nitrogen and oxygen atoms in total. The van der Waals surface area contributed by atoms with Crippen LogP contribution in [0.2, 0.25) is 0 Å². The summed E-state index contributed by atoms with van der Waals surface area (Å²) >= 11 is 0. The zero-order valence-electron chi connectivity index (χ0n) is 17.5. The smallest absolute Gasteiger partial charge is 0.222 e. The number of ether oxygens (including phenoxy) is 1. The average Bonchev–Trinajstić information content (AvgIpc) is 3.07. The molecule has 1 aliphatic rings. The summed E-state index contributed by atoms with van der Waals surface area (Å²) in [4.78, 5) is 18.9. The molecule has 0 bridgehead atoms. The predicted octanol–water partition coefficient (Wildman–Crippen LogP) is 2.10. The molecule has 8 heteroatoms. The highest BCUT2D eigenvalue weighted by molar-refractivity contribution is 5.78. The molecule has 0 saturated heterocycles. The summed E-state index contributed by atoms with van der Waals surface area (Å²) in [6, 6.07) is 10.3. The van der Waals surface area contributed by atoms with Crippen molar-refractivity contribution in [2.75, 3.05) is 26.8 Å². The summed E-state index contributed by atoms with van der Waals surface area (Å²) in [5, 5.41) is 12.9. The van der Waals surface area contributed by atoms with E-state index in [0.717, 1.165) is 55.2 Å². The van der Waals surface area contributed by atoms with Crippen molar-refractivity contribution in [2.45, 2.75) is 38.9 Å². The molecule has 4 rings (SSSR count). The molecule has 0 saturated carbocycles. The van der Waals surface area contributed by atoms with Crippen molar-refractivity contribution < 1.29 is 9.53 Å². The quantitative estimate of drug-likeness (QED) is 0.644. The molecule has 0 fully saturated rings. The highest BCUT2D eigenvalue weighted by Gasteiger charge is 2.22. The number of pyridine rings is 1. The van der Waals surface area contributed by atoms with Gasteiger partial charge in [-0.2, -0.15) is 0 Å². The van der Waals surface area contributed by atoms with Crippen molar-refractivity contribution in [1.82, 2.24) is 30.0 Å². The molecule has 0 spiro atoms. The number of hydrogen-bond acceptors (Lipinski definition) is 6. The Morgan fingerprint density at radius 1 is 1.23 bits per heavy atom. The number of hydrogen-bond donors (Lipinski definition) is 1. The van der Waals surface area contributed by atoms with E-state index in [-0.39, 0.29) is 11.9 Å². The molecule has 1 aliphatic heterocycles. The largest absolute Gasteiger partial charge is 0.384 e. The van der Waals surface area contributed by atoms with Gasteiger partial charge in [0.05, 0.1) is 18.2 Å². The van der Waals surface area contributed by atoms with Gasteiger partial charge in [0.15, 0.2) is 5.82 Å². The summed E-state index contributed by atoms with van der Waals surface area (Å²) in [5.41, 5.74) is 2.29. The lowest BCUT2D eigenvalue weighted by Crippen LogP contribution is -2.30. The minimum Gasteiger partial charge on any atom is -0.384 e. The number of nitrogens with zero attached hydrogens (tertiary/aromatic N) is 5. The van der Waals surface area contributed by atoms with Crippen LogP contribution < -0.4 is 5.32 Å². The van der Waals surface area contributed by atoms with Crippen molar-refractivity contribution in [3.8, 4) is 0 Å². The second-order valence-corrected chi connectivity index (χ2v) is 7.71. The average molecular weight is 409 g/mol. The van der Waals surface area contributed by atoms with Gasteiger partial charge in [0.2, 0.25) is 5.91 Å². The minimum atomic E-state index is -0.186. The van der Waals surface area contributed by atoms with Crippen LogP contribution in [0, 0.1) is 0 Å². The SMILES string of the molecule is COCCC(=O)NC(C)c1nnc2n1CCN(Cc1ccc3cccnc3c1)CC2. The summed E-state index contributed by atoms with van der Waals surface area (Å²) in [6.07, 6.45) is 3.01. The first-order chi connectivity index (χ1) is 14.6. The van der Waals surface area contributed by atoms with E-state index < -0.39 is 0 Å². The summed E-state index contributed by atoms with van der Waals surface area (Å²) < 4.78 is 7.13. The third-order valence-corrected chi connectivity index (χ3v) is 5.52. The van der Waals surface area contributed by atoms with Gasteiger partial charge in [-0.1, -0.05) is 18.2 Å². The van der Waals surface area contributed by atoms with Crippen molar-refractivity contribution >= 4 is 16.8 Å². The number of aromatic nitrogens is 4. The van der Waals surface area contributed by atoms with E-state index in [1.165, 1.54) is 5.56 Å². The fourth-order valence-electron chi connectivity index (χ4n) is 3.91. The molecule has 1 aromatic carbocycles. The van der Waals surface area contributed by atoms with E-state index in [1.54, 1.807) is 7.11 Å². The molecule has 3 heterocycles. The minimum absolute atomic E-state index is 0.0399. The highest BCUT2D eigenvalue weighted by atomic mass is 16.5. The van der Waals surface area contributed by atoms with Crippen molar-refractivity contribution in [2.24, 2.45) is 0 Å². The molecule has 0 aliphatic carbocycles. The van der Waals surface area contributed by atoms with Crippen LogP contribution in [0.4, 0.5) is 0 Å². The molecule has 30 heavy (non-hydrogen) atoms. The van der Waals surface area contributed by atoms with Crippen molar-refractivity contribution in [1.29, 1.82) is 0 Å². The van der Waals surface area contributed by atoms with Crippen LogP contribution in [0.5, 0.6) is 0 Å². The third kappa shape index (κ3) is 4.66. The molecule has 1 atom stereocenters. The number of rotatable bonds is 7. The maximum absolute atomic E-state index is 12.0. The summed E-state index contributed by atoms with van der Waals surface area (Å²) in [7, 11) is 1.59. The van der Waals surface area contributed by atoms with Crippen LogP contribution in [0.15, 0.2) is 36.5 Å². The third-order valence-electron chi connectivity index (χ3n) is 5.52. The van der Waals surface area contributed by atoms with Gasteiger partial charge in [-0.3, -0.25) is 14.7 Å². The first-order valence-corrected chi connectivity index (χ1v) is 10.4. The van der Waals surface area contributed by atoms with Gasteiger partial charge in [-0.05, 0) is 24.6 Å². The Labute approximate surface area is 176 Å². The van der Waals surface area contributed by atoms with Crippen molar-refractivity contribution in [3.05, 3.63) is 53.7 Å². The number of carbonyl (C=O) groups excluding carboxylic acids is 1. The summed E-state index contributed by atoms with van der Waals surface area (Å²) in [5.74, 6) is 1.75. The van der Waals surface area contributed by atoms with Crippen molar-refractivity contribution in [3.63, 3.8) is 0 Å². The molecular formula is C22H28N6O2. The van der Waals surface area contributed by atoms with E-state index in [4.69, 9.17) is 4.74 Å². The second-order valence-electron chi connectivity index (χ2n) is 7.71. The van der Waals surface area contributed by atoms with Crippen LogP contribution in [0.25, 0.3) is 10.9 Å². The van der Waals surface area contributed by atoms with Crippen LogP contribution in [-0.2, 0) is 29.0 Å². The number of carbonyl (C=O) groups is 1. The Bertz CT molecular complexity index is 1020. The number of methoxy groups -OCH3 is 1. The van der Waals surface area contributed by atoms with Gasteiger partial charge in [0, 0.05) is 57.7 Å². The Morgan fingerprint density at radius 3 is 3.00 bits per heavy atom. The van der Waals surface area contributed by atoms with Crippen LogP contribution in [-0.4, -0.2) is 57.4 Å². The van der Waals surface area contributed by atoms with E-state index >= 15 is 0 Å². The van der Waals surface area contributed by atoms with E-state index in [1.807, 2.05) is 19.2 Å². The fraction of sp³-hybridized carbons (Fsp3) is 0.455. The lowest BCUT2D eigenvalue weighted by Gasteiger charge is -2.20. The molecule has 1 N–H and O–H groups in total. The number of nitrogens with one attached hydrogen (secondary N) is 1. The van der Waals surface area contributed by atoms with Gasteiger partial charge in [-0.15, -0.1) is 10.2 Å². The standard InChI is InChI=1S/C22H28N6O2/c1-16(24-21(29)8-13-30-2)22-26-25-20-7-10-27(11-12-28(20)22)15-17-5-6-18-4-3-9-23-19(18)14-17/h3-6,9,14,16H,7-8,10-13,15H2,1-2H3,(H,24,29). The zero-order valence-corrected chi connectivity index (χ0v) is 17.5. The molecule has 158 valence electrons. The van der Waals surface area contributed by atoms with Crippen LogP contribution in [0.1, 0.15) is 36.6 Å². The Balaban J connectivity index is 1.40. The Hall–Kier alpha value is -2.84. The van der Waals surface area contributed by atoms with E-state index in [9.17, 15) is 4.79 Å². The lowest BCUT2D eigenvalue weighted by molar-refractivity contribution is -0.122. The first-order valence-electron chi connectivity index (χ1n) is 10.4. The zero-order chi connectivity index (χ0) is 20.9. The predicted molar refractivity (Wildman–Crippen MR) is 114 cm³/mol. The first kappa shape index (κ1) is 20.4. The molecule has 3 aromatic rings. The molecular weight excluding hydrogens is 380 g/mol. The van der Waals surface area contributed by atoms with E-state index in [2.05, 4.69) is 54.2 Å². The number of fused-ring (bicyclic) bond motifs is 2. The second kappa shape index (κ2) is 9.32. The highest BCUT2D eigenvalue weighted by Crippen LogP contribution is 2.18. The monoisotopic (exact) mass is 408 g/mol. The fourth-order valence-corrected chi connectivity index (χ4v) is 3.91. The Morgan fingerprint density at radius 2 is 2.13 bits per heavy atom. The van der Waals surface area contributed by atoms with Gasteiger partial charge < -0.3 is 14.6 Å². The van der Waals surface area contributed by atoms with Gasteiger partial charge in [0.25, 0.3) is 0 Å². The molecule has 1 amide bonds. The lowest BCUT2D eigenvalue weighted by atomic mass is 10.1. The maximum Gasteiger partial charge on any atom is 0.222 e. The molecule has 2 aromatic heterocycles. The number of benzene rings is 1. The van der Waals surface area contributed by atoms with Gasteiger partial charge in [-0.25, -0.2) is 0 Å². The molecule has 1 unspecified atom stereocenters. The number of amides is 1. The molecule has 0 radical (unpaired) electrons. The van der Waals surface area contributed by atoms with Crippen LogP contribution >= 0.6 is 0 Å². The maximum atomic E-state index is 12.0. The van der Waals surface area contributed by atoms with Gasteiger partial charge >= 0.3 is 0 Å². The van der Waals surface area contributed by atoms with Crippen LogP contribution in [0.3, 0.4) is 0 Å². The summed E-state index contributed by atoms with van der Waals surface area (Å²) in [6.45, 7) is 5.88. The van der Waals surface area contributed by atoms with Gasteiger partial charge in [0.1, 0.15) is 5.82 Å². The Kier molecular flexibility index (Phi) is 6.35. The van der Waals surface area contributed by atoms with E-state index in [0.29, 0.717) is 13.0 Å².